The van der Waals surface area contributed by atoms with Crippen molar-refractivity contribution in [2.75, 3.05) is 20.1 Å². The Bertz CT molecular complexity index is 526. The molecule has 1 rings (SSSR count). The van der Waals surface area contributed by atoms with Crippen LogP contribution >= 0.6 is 0 Å². The van der Waals surface area contributed by atoms with Crippen LogP contribution in [0.2, 0.25) is 0 Å². The van der Waals surface area contributed by atoms with E-state index in [-0.39, 0.29) is 17.0 Å². The Morgan fingerprint density at radius 2 is 2.05 bits per heavy atom. The number of nitro benzene ring substituents is 1. The number of nitro groups is 1. The first-order valence-corrected chi connectivity index (χ1v) is 6.39. The van der Waals surface area contributed by atoms with E-state index in [1.54, 1.807) is 24.9 Å². The van der Waals surface area contributed by atoms with Gasteiger partial charge in [-0.25, -0.2) is 0 Å². The molecule has 0 heterocycles. The molecule has 0 spiro atoms. The lowest BCUT2D eigenvalue weighted by atomic mass is 9.93. The fourth-order valence-corrected chi connectivity index (χ4v) is 2.04. The Balaban J connectivity index is 3.04. The maximum Gasteiger partial charge on any atom is 0.273 e. The second-order valence-corrected chi connectivity index (χ2v) is 5.74. The Labute approximate surface area is 118 Å². The summed E-state index contributed by atoms with van der Waals surface area (Å²) >= 11 is 0. The highest BCUT2D eigenvalue weighted by Gasteiger charge is 2.24. The Morgan fingerprint density at radius 1 is 1.45 bits per heavy atom. The molecule has 6 nitrogen and oxygen atoms in total. The quantitative estimate of drug-likeness (QED) is 0.659. The third-order valence-corrected chi connectivity index (χ3v) is 3.30. The van der Waals surface area contributed by atoms with E-state index in [2.05, 4.69) is 0 Å². The zero-order chi connectivity index (χ0) is 15.5. The van der Waals surface area contributed by atoms with Gasteiger partial charge in [-0.15, -0.1) is 0 Å². The second-order valence-electron chi connectivity index (χ2n) is 5.74. The van der Waals surface area contributed by atoms with Crippen LogP contribution in [0.3, 0.4) is 0 Å². The van der Waals surface area contributed by atoms with Gasteiger partial charge in [-0.3, -0.25) is 14.9 Å². The molecule has 0 unspecified atom stereocenters. The SMILES string of the molecule is Cc1c(C(=O)N(C)CC(C)(C)CN)cccc1[N+](=O)[O-]. The molecule has 2 N–H and O–H groups in total. The van der Waals surface area contributed by atoms with E-state index in [0.717, 1.165) is 0 Å². The predicted octanol–water partition coefficient (Wildman–Crippen LogP) is 1.96. The highest BCUT2D eigenvalue weighted by atomic mass is 16.6. The number of rotatable bonds is 5. The Kier molecular flexibility index (Phi) is 4.83. The van der Waals surface area contributed by atoms with Crippen molar-refractivity contribution >= 4 is 11.6 Å². The molecule has 20 heavy (non-hydrogen) atoms. The van der Waals surface area contributed by atoms with Crippen LogP contribution in [-0.4, -0.2) is 35.9 Å². The molecule has 1 aromatic rings. The van der Waals surface area contributed by atoms with Crippen LogP contribution in [-0.2, 0) is 0 Å². The lowest BCUT2D eigenvalue weighted by Gasteiger charge is -2.29. The third-order valence-electron chi connectivity index (χ3n) is 3.30. The fourth-order valence-electron chi connectivity index (χ4n) is 2.04. The number of amides is 1. The van der Waals surface area contributed by atoms with E-state index in [1.807, 2.05) is 13.8 Å². The maximum atomic E-state index is 12.4. The zero-order valence-electron chi connectivity index (χ0n) is 12.3. The normalized spacial score (nSPS) is 11.2. The molecule has 0 saturated heterocycles. The number of hydrogen-bond donors (Lipinski definition) is 1. The van der Waals surface area contributed by atoms with Crippen molar-refractivity contribution in [3.63, 3.8) is 0 Å². The van der Waals surface area contributed by atoms with Gasteiger partial charge < -0.3 is 10.6 Å². The summed E-state index contributed by atoms with van der Waals surface area (Å²) < 4.78 is 0. The van der Waals surface area contributed by atoms with Crippen molar-refractivity contribution in [2.24, 2.45) is 11.1 Å². The highest BCUT2D eigenvalue weighted by molar-refractivity contribution is 5.96. The molecule has 0 saturated carbocycles. The summed E-state index contributed by atoms with van der Waals surface area (Å²) in [5.74, 6) is -0.229. The summed E-state index contributed by atoms with van der Waals surface area (Å²) in [6.07, 6.45) is 0. The van der Waals surface area contributed by atoms with Gasteiger partial charge >= 0.3 is 0 Å². The molecular weight excluding hydrogens is 258 g/mol. The van der Waals surface area contributed by atoms with E-state index in [9.17, 15) is 14.9 Å². The Hall–Kier alpha value is -1.95. The van der Waals surface area contributed by atoms with Gasteiger partial charge in [0.25, 0.3) is 11.6 Å². The van der Waals surface area contributed by atoms with E-state index in [4.69, 9.17) is 5.73 Å². The summed E-state index contributed by atoms with van der Waals surface area (Å²) in [5, 5.41) is 10.9. The average Bonchev–Trinajstić information content (AvgIpc) is 2.37. The molecule has 1 aromatic carbocycles. The van der Waals surface area contributed by atoms with E-state index < -0.39 is 4.92 Å². The second kappa shape index (κ2) is 6.00. The van der Waals surface area contributed by atoms with E-state index in [0.29, 0.717) is 24.2 Å². The molecule has 0 radical (unpaired) electrons. The Morgan fingerprint density at radius 3 is 2.55 bits per heavy atom. The standard InChI is InChI=1S/C14H21N3O3/c1-10-11(6-5-7-12(10)17(19)20)13(18)16(4)9-14(2,3)8-15/h5-7H,8-9,15H2,1-4H3. The molecule has 110 valence electrons. The molecule has 0 fully saturated rings. The van der Waals surface area contributed by atoms with Gasteiger partial charge in [-0.2, -0.15) is 0 Å². The van der Waals surface area contributed by atoms with Gasteiger partial charge in [-0.05, 0) is 24.9 Å². The fraction of sp³-hybridized carbons (Fsp3) is 0.500. The smallest absolute Gasteiger partial charge is 0.273 e. The van der Waals surface area contributed by atoms with Gasteiger partial charge in [-0.1, -0.05) is 19.9 Å². The first-order valence-electron chi connectivity index (χ1n) is 6.39. The van der Waals surface area contributed by atoms with Crippen molar-refractivity contribution in [3.05, 3.63) is 39.4 Å². The van der Waals surface area contributed by atoms with Crippen molar-refractivity contribution < 1.29 is 9.72 Å². The number of carbonyl (C=O) groups excluding carboxylic acids is 1. The topological polar surface area (TPSA) is 89.5 Å². The highest BCUT2D eigenvalue weighted by Crippen LogP contribution is 2.23. The summed E-state index contributed by atoms with van der Waals surface area (Å²) in [6, 6.07) is 4.53. The molecule has 0 aliphatic carbocycles. The van der Waals surface area contributed by atoms with Crippen molar-refractivity contribution in [1.29, 1.82) is 0 Å². The van der Waals surface area contributed by atoms with Crippen LogP contribution in [0.25, 0.3) is 0 Å². The molecular formula is C14H21N3O3. The van der Waals surface area contributed by atoms with Crippen LogP contribution in [0.4, 0.5) is 5.69 Å². The lowest BCUT2D eigenvalue weighted by molar-refractivity contribution is -0.385. The minimum Gasteiger partial charge on any atom is -0.341 e. The number of hydrogen-bond acceptors (Lipinski definition) is 4. The predicted molar refractivity (Wildman–Crippen MR) is 77.6 cm³/mol. The van der Waals surface area contributed by atoms with Gasteiger partial charge in [0.15, 0.2) is 0 Å². The summed E-state index contributed by atoms with van der Waals surface area (Å²) in [5.41, 5.74) is 6.17. The summed E-state index contributed by atoms with van der Waals surface area (Å²) in [6.45, 7) is 6.48. The third kappa shape index (κ3) is 3.54. The van der Waals surface area contributed by atoms with Gasteiger partial charge in [0.1, 0.15) is 0 Å². The molecule has 0 aromatic heterocycles. The van der Waals surface area contributed by atoms with Crippen LogP contribution in [0.1, 0.15) is 29.8 Å². The van der Waals surface area contributed by atoms with Crippen molar-refractivity contribution in [3.8, 4) is 0 Å². The van der Waals surface area contributed by atoms with Gasteiger partial charge in [0.05, 0.1) is 4.92 Å². The van der Waals surface area contributed by atoms with E-state index in [1.165, 1.54) is 12.1 Å². The number of carbonyl (C=O) groups is 1. The van der Waals surface area contributed by atoms with Gasteiger partial charge in [0, 0.05) is 30.8 Å². The molecule has 0 atom stereocenters. The molecule has 0 aliphatic heterocycles. The minimum absolute atomic E-state index is 0.0395. The molecule has 1 amide bonds. The largest absolute Gasteiger partial charge is 0.341 e. The summed E-state index contributed by atoms with van der Waals surface area (Å²) in [4.78, 5) is 24.4. The lowest BCUT2D eigenvalue weighted by Crippen LogP contribution is -2.40. The number of nitrogens with zero attached hydrogens (tertiary/aromatic N) is 2. The minimum atomic E-state index is -0.476. The van der Waals surface area contributed by atoms with Crippen LogP contribution < -0.4 is 5.73 Å². The first kappa shape index (κ1) is 16.1. The molecule has 6 heteroatoms. The van der Waals surface area contributed by atoms with Crippen LogP contribution in [0, 0.1) is 22.5 Å². The summed E-state index contributed by atoms with van der Waals surface area (Å²) in [7, 11) is 1.68. The van der Waals surface area contributed by atoms with Crippen LogP contribution in [0.5, 0.6) is 0 Å². The van der Waals surface area contributed by atoms with Crippen molar-refractivity contribution in [2.45, 2.75) is 20.8 Å². The van der Waals surface area contributed by atoms with Crippen molar-refractivity contribution in [1.82, 2.24) is 4.90 Å². The van der Waals surface area contributed by atoms with Gasteiger partial charge in [0.2, 0.25) is 0 Å². The molecule has 0 aliphatic rings. The number of nitrogens with two attached hydrogens (primary N) is 1. The molecule has 0 bridgehead atoms. The first-order chi connectivity index (χ1) is 9.19. The number of benzene rings is 1. The van der Waals surface area contributed by atoms with Crippen LogP contribution in [0.15, 0.2) is 18.2 Å². The zero-order valence-corrected chi connectivity index (χ0v) is 12.3. The average molecular weight is 279 g/mol. The maximum absolute atomic E-state index is 12.4. The monoisotopic (exact) mass is 279 g/mol. The van der Waals surface area contributed by atoms with E-state index >= 15 is 0 Å².